The van der Waals surface area contributed by atoms with Crippen LogP contribution in [0.2, 0.25) is 0 Å². The SMILES string of the molecule is CC(C)[C@H](C)C(=O)O. The lowest BCUT2D eigenvalue weighted by Gasteiger charge is -2.07. The van der Waals surface area contributed by atoms with Crippen LogP contribution in [0.1, 0.15) is 20.8 Å². The summed E-state index contributed by atoms with van der Waals surface area (Å²) < 4.78 is 0. The average molecular weight is 116 g/mol. The molecule has 2 heteroatoms. The van der Waals surface area contributed by atoms with E-state index in [1.807, 2.05) is 13.8 Å². The molecule has 0 saturated carbocycles. The molecule has 0 rings (SSSR count). The van der Waals surface area contributed by atoms with E-state index in [2.05, 4.69) is 0 Å². The lowest BCUT2D eigenvalue weighted by atomic mass is 9.99. The predicted octanol–water partition coefficient (Wildman–Crippen LogP) is 1.36. The van der Waals surface area contributed by atoms with Gasteiger partial charge in [0.25, 0.3) is 0 Å². The molecule has 8 heavy (non-hydrogen) atoms. The van der Waals surface area contributed by atoms with Crippen LogP contribution in [0.15, 0.2) is 0 Å². The highest BCUT2D eigenvalue weighted by Crippen LogP contribution is 2.08. The quantitative estimate of drug-likeness (QED) is 0.591. The molecule has 48 valence electrons. The average Bonchev–Trinajstić information content (AvgIpc) is 1.64. The number of hydrogen-bond donors (Lipinski definition) is 1. The van der Waals surface area contributed by atoms with E-state index in [4.69, 9.17) is 5.11 Å². The van der Waals surface area contributed by atoms with Gasteiger partial charge >= 0.3 is 5.97 Å². The Morgan fingerprint density at radius 3 is 1.75 bits per heavy atom. The second kappa shape index (κ2) is 2.70. The molecule has 0 radical (unpaired) electrons. The van der Waals surface area contributed by atoms with Gasteiger partial charge in [0.05, 0.1) is 5.92 Å². The fraction of sp³-hybridized carbons (Fsp3) is 0.833. The maximum atomic E-state index is 10.1. The second-order valence-electron chi connectivity index (χ2n) is 2.37. The highest BCUT2D eigenvalue weighted by atomic mass is 16.4. The summed E-state index contributed by atoms with van der Waals surface area (Å²) in [4.78, 5) is 10.1. The topological polar surface area (TPSA) is 37.3 Å². The Labute approximate surface area is 49.5 Å². The summed E-state index contributed by atoms with van der Waals surface area (Å²) in [6, 6.07) is 0. The van der Waals surface area contributed by atoms with Crippen molar-refractivity contribution in [1.29, 1.82) is 0 Å². The number of aliphatic carboxylic acids is 1. The van der Waals surface area contributed by atoms with Gasteiger partial charge in [0.15, 0.2) is 0 Å². The first-order valence-corrected chi connectivity index (χ1v) is 2.78. The third-order valence-electron chi connectivity index (χ3n) is 1.39. The largest absolute Gasteiger partial charge is 0.481 e. The zero-order valence-corrected chi connectivity index (χ0v) is 5.51. The van der Waals surface area contributed by atoms with Crippen molar-refractivity contribution in [2.24, 2.45) is 11.8 Å². The number of carbonyl (C=O) groups is 1. The molecular formula is C6H12O2. The van der Waals surface area contributed by atoms with Crippen LogP contribution < -0.4 is 0 Å². The summed E-state index contributed by atoms with van der Waals surface area (Å²) in [6.07, 6.45) is 0. The Morgan fingerprint density at radius 2 is 1.75 bits per heavy atom. The van der Waals surface area contributed by atoms with Crippen LogP contribution in [0.25, 0.3) is 0 Å². The van der Waals surface area contributed by atoms with Crippen molar-refractivity contribution >= 4 is 5.97 Å². The van der Waals surface area contributed by atoms with E-state index in [-0.39, 0.29) is 11.8 Å². The first-order valence-electron chi connectivity index (χ1n) is 2.78. The molecule has 0 aliphatic rings. The Kier molecular flexibility index (Phi) is 2.52. The number of rotatable bonds is 2. The molecule has 0 aromatic carbocycles. The Morgan fingerprint density at radius 1 is 1.38 bits per heavy atom. The normalized spacial score (nSPS) is 14.0. The van der Waals surface area contributed by atoms with Gasteiger partial charge in [-0.3, -0.25) is 4.79 Å². The van der Waals surface area contributed by atoms with E-state index in [0.29, 0.717) is 0 Å². The molecule has 0 unspecified atom stereocenters. The van der Waals surface area contributed by atoms with Crippen LogP contribution in [0.5, 0.6) is 0 Å². The van der Waals surface area contributed by atoms with Gasteiger partial charge in [-0.2, -0.15) is 0 Å². The van der Waals surface area contributed by atoms with E-state index in [9.17, 15) is 4.79 Å². The first kappa shape index (κ1) is 7.47. The van der Waals surface area contributed by atoms with Gasteiger partial charge in [-0.15, -0.1) is 0 Å². The van der Waals surface area contributed by atoms with E-state index in [1.54, 1.807) is 6.92 Å². The Bertz CT molecular complexity index is 86.5. The van der Waals surface area contributed by atoms with Crippen LogP contribution >= 0.6 is 0 Å². The molecule has 2 nitrogen and oxygen atoms in total. The summed E-state index contributed by atoms with van der Waals surface area (Å²) >= 11 is 0. The summed E-state index contributed by atoms with van der Waals surface area (Å²) in [6.45, 7) is 5.52. The minimum Gasteiger partial charge on any atom is -0.481 e. The third kappa shape index (κ3) is 1.96. The molecule has 0 aliphatic carbocycles. The number of carboxylic acids is 1. The molecule has 1 atom stereocenters. The van der Waals surface area contributed by atoms with Gasteiger partial charge in [0.1, 0.15) is 0 Å². The Hall–Kier alpha value is -0.530. The van der Waals surface area contributed by atoms with Crippen molar-refractivity contribution in [3.05, 3.63) is 0 Å². The monoisotopic (exact) mass is 116 g/mol. The molecule has 0 fully saturated rings. The Balaban J connectivity index is 3.64. The molecule has 0 bridgehead atoms. The molecule has 0 spiro atoms. The molecule has 1 N–H and O–H groups in total. The molecule has 0 aromatic rings. The highest BCUT2D eigenvalue weighted by Gasteiger charge is 2.13. The van der Waals surface area contributed by atoms with Crippen molar-refractivity contribution < 1.29 is 9.90 Å². The van der Waals surface area contributed by atoms with E-state index in [1.165, 1.54) is 0 Å². The van der Waals surface area contributed by atoms with Crippen LogP contribution in [-0.2, 0) is 4.79 Å². The lowest BCUT2D eigenvalue weighted by Crippen LogP contribution is -2.15. The van der Waals surface area contributed by atoms with Crippen LogP contribution in [0, 0.1) is 11.8 Å². The molecule has 0 heterocycles. The van der Waals surface area contributed by atoms with Crippen LogP contribution in [-0.4, -0.2) is 11.1 Å². The van der Waals surface area contributed by atoms with Crippen molar-refractivity contribution in [3.8, 4) is 0 Å². The zero-order chi connectivity index (χ0) is 6.73. The molecule has 0 aromatic heterocycles. The summed E-state index contributed by atoms with van der Waals surface area (Å²) in [5.74, 6) is -0.678. The van der Waals surface area contributed by atoms with Crippen molar-refractivity contribution in [1.82, 2.24) is 0 Å². The number of carboxylic acid groups (broad SMARTS) is 1. The minimum absolute atomic E-state index is 0.213. The van der Waals surface area contributed by atoms with Gasteiger partial charge < -0.3 is 5.11 Å². The van der Waals surface area contributed by atoms with Crippen LogP contribution in [0.3, 0.4) is 0 Å². The van der Waals surface area contributed by atoms with Crippen molar-refractivity contribution in [2.75, 3.05) is 0 Å². The summed E-state index contributed by atoms with van der Waals surface area (Å²) in [5.41, 5.74) is 0. The maximum Gasteiger partial charge on any atom is 0.306 e. The van der Waals surface area contributed by atoms with Gasteiger partial charge in [-0.05, 0) is 5.92 Å². The van der Waals surface area contributed by atoms with Gasteiger partial charge in [0.2, 0.25) is 0 Å². The van der Waals surface area contributed by atoms with E-state index in [0.717, 1.165) is 0 Å². The van der Waals surface area contributed by atoms with Crippen LogP contribution in [0.4, 0.5) is 0 Å². The second-order valence-corrected chi connectivity index (χ2v) is 2.37. The fourth-order valence-electron chi connectivity index (χ4n) is 0.285. The summed E-state index contributed by atoms with van der Waals surface area (Å²) in [5, 5.41) is 8.35. The van der Waals surface area contributed by atoms with Gasteiger partial charge in [-0.1, -0.05) is 20.8 Å². The van der Waals surface area contributed by atoms with Crippen molar-refractivity contribution in [3.63, 3.8) is 0 Å². The predicted molar refractivity (Wildman–Crippen MR) is 31.6 cm³/mol. The third-order valence-corrected chi connectivity index (χ3v) is 1.39. The van der Waals surface area contributed by atoms with Crippen molar-refractivity contribution in [2.45, 2.75) is 20.8 Å². The minimum atomic E-state index is -0.708. The number of hydrogen-bond acceptors (Lipinski definition) is 1. The fourth-order valence-corrected chi connectivity index (χ4v) is 0.285. The van der Waals surface area contributed by atoms with E-state index < -0.39 is 5.97 Å². The molecule has 0 aliphatic heterocycles. The zero-order valence-electron chi connectivity index (χ0n) is 5.51. The maximum absolute atomic E-state index is 10.1. The lowest BCUT2D eigenvalue weighted by molar-refractivity contribution is -0.142. The molecule has 0 saturated heterocycles. The standard InChI is InChI=1S/C6H12O2/c1-4(2)5(3)6(7)8/h4-5H,1-3H3,(H,7,8)/t5-/m0/s1. The molecular weight excluding hydrogens is 104 g/mol. The smallest absolute Gasteiger partial charge is 0.306 e. The van der Waals surface area contributed by atoms with Gasteiger partial charge in [0, 0.05) is 0 Å². The molecule has 0 amide bonds. The van der Waals surface area contributed by atoms with E-state index >= 15 is 0 Å². The summed E-state index contributed by atoms with van der Waals surface area (Å²) in [7, 11) is 0. The highest BCUT2D eigenvalue weighted by molar-refractivity contribution is 5.69. The first-order chi connectivity index (χ1) is 3.55. The van der Waals surface area contributed by atoms with Gasteiger partial charge in [-0.25, -0.2) is 0 Å².